The van der Waals surface area contributed by atoms with Gasteiger partial charge in [-0.3, -0.25) is 0 Å². The van der Waals surface area contributed by atoms with E-state index in [1.54, 1.807) is 6.07 Å². The minimum atomic E-state index is 0.425. The van der Waals surface area contributed by atoms with Gasteiger partial charge in [0, 0.05) is 32.0 Å². The number of anilines is 1. The van der Waals surface area contributed by atoms with Gasteiger partial charge in [0.1, 0.15) is 23.4 Å². The summed E-state index contributed by atoms with van der Waals surface area (Å²) in [5.41, 5.74) is 1.56. The maximum atomic E-state index is 8.90. The minimum Gasteiger partial charge on any atom is -0.370 e. The molecular formula is C18H22N6. The minimum absolute atomic E-state index is 0.425. The molecule has 0 amide bonds. The summed E-state index contributed by atoms with van der Waals surface area (Å²) >= 11 is 0. The molecule has 1 atom stereocenters. The Hall–Kier alpha value is -2.42. The van der Waals surface area contributed by atoms with Crippen molar-refractivity contribution >= 4 is 5.69 Å². The molecule has 2 aromatic rings. The van der Waals surface area contributed by atoms with Crippen LogP contribution < -0.4 is 4.90 Å². The van der Waals surface area contributed by atoms with E-state index in [9.17, 15) is 0 Å². The molecule has 0 saturated carbocycles. The van der Waals surface area contributed by atoms with E-state index in [4.69, 9.17) is 5.26 Å². The number of nitrogens with zero attached hydrogens (tertiary/aromatic N) is 6. The Morgan fingerprint density at radius 2 is 2.04 bits per heavy atom. The molecule has 0 spiro atoms. The second kappa shape index (κ2) is 6.60. The third-order valence-electron chi connectivity index (χ3n) is 5.15. The maximum absolute atomic E-state index is 8.90. The monoisotopic (exact) mass is 322 g/mol. The average Bonchev–Trinajstić information content (AvgIpc) is 2.90. The lowest BCUT2D eigenvalue weighted by Crippen LogP contribution is -2.35. The van der Waals surface area contributed by atoms with Gasteiger partial charge < -0.3 is 9.47 Å². The van der Waals surface area contributed by atoms with Crippen LogP contribution in [0.15, 0.2) is 18.3 Å². The zero-order valence-electron chi connectivity index (χ0n) is 13.9. The van der Waals surface area contributed by atoms with Crippen LogP contribution in [-0.4, -0.2) is 32.8 Å². The van der Waals surface area contributed by atoms with Crippen LogP contribution in [0.2, 0.25) is 0 Å². The lowest BCUT2D eigenvalue weighted by molar-refractivity contribution is 0.465. The summed E-state index contributed by atoms with van der Waals surface area (Å²) in [4.78, 5) is 6.57. The van der Waals surface area contributed by atoms with Crippen molar-refractivity contribution in [1.82, 2.24) is 19.7 Å². The number of aromatic nitrogens is 4. The number of hydrogen-bond donors (Lipinski definition) is 0. The first-order valence-electron chi connectivity index (χ1n) is 8.88. The molecule has 0 bridgehead atoms. The Labute approximate surface area is 142 Å². The highest BCUT2D eigenvalue weighted by molar-refractivity contribution is 5.46. The first-order valence-corrected chi connectivity index (χ1v) is 8.88. The Balaban J connectivity index is 1.55. The Kier molecular flexibility index (Phi) is 4.16. The lowest BCUT2D eigenvalue weighted by atomic mass is 9.96. The fourth-order valence-electron chi connectivity index (χ4n) is 3.87. The van der Waals surface area contributed by atoms with E-state index in [0.717, 1.165) is 38.2 Å². The van der Waals surface area contributed by atoms with E-state index < -0.39 is 0 Å². The highest BCUT2D eigenvalue weighted by atomic mass is 15.3. The Morgan fingerprint density at radius 3 is 2.88 bits per heavy atom. The molecule has 124 valence electrons. The van der Waals surface area contributed by atoms with Gasteiger partial charge in [-0.25, -0.2) is 4.98 Å². The van der Waals surface area contributed by atoms with E-state index in [2.05, 4.69) is 30.7 Å². The van der Waals surface area contributed by atoms with E-state index in [0.29, 0.717) is 11.6 Å². The molecule has 1 saturated heterocycles. The second-order valence-electron chi connectivity index (χ2n) is 6.74. The number of pyridine rings is 1. The molecule has 0 radical (unpaired) electrons. The number of hydrogen-bond acceptors (Lipinski definition) is 5. The molecule has 6 heteroatoms. The van der Waals surface area contributed by atoms with Gasteiger partial charge in [-0.2, -0.15) is 5.26 Å². The first kappa shape index (κ1) is 15.1. The molecular weight excluding hydrogens is 300 g/mol. The molecule has 0 N–H and O–H groups in total. The predicted molar refractivity (Wildman–Crippen MR) is 90.7 cm³/mol. The van der Waals surface area contributed by atoms with Gasteiger partial charge in [0.25, 0.3) is 0 Å². The first-order chi connectivity index (χ1) is 11.8. The predicted octanol–water partition coefficient (Wildman–Crippen LogP) is 2.66. The number of nitriles is 1. The van der Waals surface area contributed by atoms with Gasteiger partial charge in [0.05, 0.1) is 11.9 Å². The van der Waals surface area contributed by atoms with Crippen LogP contribution in [-0.2, 0) is 13.0 Å². The zero-order valence-corrected chi connectivity index (χ0v) is 13.9. The van der Waals surface area contributed by atoms with E-state index in [-0.39, 0.29) is 0 Å². The number of fused-ring (bicyclic) bond motifs is 1. The summed E-state index contributed by atoms with van der Waals surface area (Å²) in [6.45, 7) is 3.05. The number of rotatable bonds is 2. The number of piperidine rings is 1. The van der Waals surface area contributed by atoms with Crippen LogP contribution in [0.5, 0.6) is 0 Å². The Bertz CT molecular complexity index is 742. The van der Waals surface area contributed by atoms with Gasteiger partial charge in [0.15, 0.2) is 0 Å². The largest absolute Gasteiger partial charge is 0.370 e. The summed E-state index contributed by atoms with van der Waals surface area (Å²) in [5, 5.41) is 17.9. The van der Waals surface area contributed by atoms with Gasteiger partial charge in [-0.1, -0.05) is 6.42 Å². The third-order valence-corrected chi connectivity index (χ3v) is 5.15. The summed E-state index contributed by atoms with van der Waals surface area (Å²) in [5.74, 6) is 2.76. The smallest absolute Gasteiger partial charge is 0.140 e. The topological polar surface area (TPSA) is 70.6 Å². The van der Waals surface area contributed by atoms with Crippen molar-refractivity contribution in [2.24, 2.45) is 0 Å². The fraction of sp³-hybridized carbons (Fsp3) is 0.556. The average molecular weight is 322 g/mol. The van der Waals surface area contributed by atoms with Crippen molar-refractivity contribution in [3.05, 3.63) is 35.7 Å². The highest BCUT2D eigenvalue weighted by Crippen LogP contribution is 2.30. The molecule has 6 nitrogen and oxygen atoms in total. The SMILES string of the molecule is N#Cc1ccc(N2CCCC(c3nnc4n3CCCCC4)C2)cn1. The molecule has 2 aliphatic rings. The van der Waals surface area contributed by atoms with Crippen molar-refractivity contribution in [3.8, 4) is 6.07 Å². The normalized spacial score (nSPS) is 21.0. The molecule has 0 aliphatic carbocycles. The van der Waals surface area contributed by atoms with Crippen molar-refractivity contribution in [2.45, 2.75) is 51.0 Å². The van der Waals surface area contributed by atoms with Crippen molar-refractivity contribution in [1.29, 1.82) is 5.26 Å². The quantitative estimate of drug-likeness (QED) is 0.850. The van der Waals surface area contributed by atoms with Crippen molar-refractivity contribution < 1.29 is 0 Å². The third kappa shape index (κ3) is 2.86. The van der Waals surface area contributed by atoms with Crippen LogP contribution >= 0.6 is 0 Å². The summed E-state index contributed by atoms with van der Waals surface area (Å²) in [7, 11) is 0. The zero-order chi connectivity index (χ0) is 16.4. The van der Waals surface area contributed by atoms with Crippen molar-refractivity contribution in [2.75, 3.05) is 18.0 Å². The van der Waals surface area contributed by atoms with E-state index in [1.165, 1.54) is 37.3 Å². The van der Waals surface area contributed by atoms with Crippen LogP contribution in [0, 0.1) is 11.3 Å². The summed E-state index contributed by atoms with van der Waals surface area (Å²) < 4.78 is 2.37. The van der Waals surface area contributed by atoms with E-state index in [1.807, 2.05) is 12.3 Å². The van der Waals surface area contributed by atoms with Gasteiger partial charge in [-0.15, -0.1) is 10.2 Å². The molecule has 2 aliphatic heterocycles. The molecule has 4 heterocycles. The maximum Gasteiger partial charge on any atom is 0.140 e. The van der Waals surface area contributed by atoms with Crippen LogP contribution in [0.4, 0.5) is 5.69 Å². The number of aryl methyl sites for hydroxylation is 1. The standard InChI is InChI=1S/C18H22N6/c19-11-15-7-8-16(12-20-15)23-9-4-5-14(13-23)18-22-21-17-6-2-1-3-10-24(17)18/h7-8,12,14H,1-6,9-10,13H2. The summed E-state index contributed by atoms with van der Waals surface area (Å²) in [6, 6.07) is 5.87. The van der Waals surface area contributed by atoms with Gasteiger partial charge >= 0.3 is 0 Å². The highest BCUT2D eigenvalue weighted by Gasteiger charge is 2.27. The van der Waals surface area contributed by atoms with Gasteiger partial charge in [-0.05, 0) is 37.8 Å². The van der Waals surface area contributed by atoms with Crippen LogP contribution in [0.3, 0.4) is 0 Å². The van der Waals surface area contributed by atoms with E-state index >= 15 is 0 Å². The molecule has 0 aromatic carbocycles. The molecule has 2 aromatic heterocycles. The fourth-order valence-corrected chi connectivity index (χ4v) is 3.87. The van der Waals surface area contributed by atoms with Crippen LogP contribution in [0.1, 0.15) is 55.4 Å². The van der Waals surface area contributed by atoms with Crippen LogP contribution in [0.25, 0.3) is 0 Å². The molecule has 1 fully saturated rings. The second-order valence-corrected chi connectivity index (χ2v) is 6.74. The molecule has 1 unspecified atom stereocenters. The molecule has 4 rings (SSSR count). The lowest BCUT2D eigenvalue weighted by Gasteiger charge is -2.34. The van der Waals surface area contributed by atoms with Gasteiger partial charge in [0.2, 0.25) is 0 Å². The molecule has 24 heavy (non-hydrogen) atoms. The summed E-state index contributed by atoms with van der Waals surface area (Å²) in [6.07, 6.45) is 8.93. The van der Waals surface area contributed by atoms with Crippen molar-refractivity contribution in [3.63, 3.8) is 0 Å². The Morgan fingerprint density at radius 1 is 1.08 bits per heavy atom.